The fraction of sp³-hybridized carbons (Fsp3) is 0.600. The second kappa shape index (κ2) is 7.00. The van der Waals surface area contributed by atoms with Crippen molar-refractivity contribution < 1.29 is 14.1 Å². The first kappa shape index (κ1) is 13.6. The maximum Gasteiger partial charge on any atom is 0.280 e. The SMILES string of the molecule is CC(C)C(C=O)c1cc(=O)[nH]o1.COC. The summed E-state index contributed by atoms with van der Waals surface area (Å²) in [6, 6.07) is 1.30. The van der Waals surface area contributed by atoms with Crippen molar-refractivity contribution in [2.45, 2.75) is 19.8 Å². The number of aromatic amines is 1. The number of hydrogen-bond donors (Lipinski definition) is 1. The lowest BCUT2D eigenvalue weighted by Gasteiger charge is -2.08. The van der Waals surface area contributed by atoms with E-state index in [1.54, 1.807) is 14.2 Å². The van der Waals surface area contributed by atoms with Gasteiger partial charge >= 0.3 is 0 Å². The lowest BCUT2D eigenvalue weighted by molar-refractivity contribution is -0.110. The molecule has 0 saturated heterocycles. The van der Waals surface area contributed by atoms with Crippen molar-refractivity contribution in [2.24, 2.45) is 5.92 Å². The molecule has 5 nitrogen and oxygen atoms in total. The molecule has 1 unspecified atom stereocenters. The third-order valence-electron chi connectivity index (χ3n) is 1.74. The molecule has 0 aliphatic heterocycles. The van der Waals surface area contributed by atoms with E-state index in [0.29, 0.717) is 5.76 Å². The smallest absolute Gasteiger partial charge is 0.280 e. The first-order valence-electron chi connectivity index (χ1n) is 4.60. The number of hydrogen-bond acceptors (Lipinski definition) is 4. The molecule has 1 aromatic rings. The van der Waals surface area contributed by atoms with Crippen molar-refractivity contribution in [3.8, 4) is 0 Å². The highest BCUT2D eigenvalue weighted by atomic mass is 16.5. The first-order chi connectivity index (χ1) is 7.06. The molecule has 0 saturated carbocycles. The van der Waals surface area contributed by atoms with E-state index in [-0.39, 0.29) is 17.4 Å². The van der Waals surface area contributed by atoms with Gasteiger partial charge in [-0.2, -0.15) is 5.16 Å². The quantitative estimate of drug-likeness (QED) is 0.768. The molecule has 0 aliphatic rings. The maximum absolute atomic E-state index is 10.7. The van der Waals surface area contributed by atoms with E-state index in [2.05, 4.69) is 9.89 Å². The summed E-state index contributed by atoms with van der Waals surface area (Å²) in [5.41, 5.74) is -0.308. The summed E-state index contributed by atoms with van der Waals surface area (Å²) < 4.78 is 9.06. The van der Waals surface area contributed by atoms with Crippen LogP contribution in [0, 0.1) is 5.92 Å². The van der Waals surface area contributed by atoms with Crippen molar-refractivity contribution in [1.29, 1.82) is 0 Å². The molecular formula is C10H17NO4. The highest BCUT2D eigenvalue weighted by molar-refractivity contribution is 5.60. The zero-order valence-corrected chi connectivity index (χ0v) is 9.44. The van der Waals surface area contributed by atoms with E-state index in [4.69, 9.17) is 4.52 Å². The molecule has 0 radical (unpaired) electrons. The Kier molecular flexibility index (Phi) is 6.37. The molecule has 0 aromatic carbocycles. The molecule has 0 amide bonds. The van der Waals surface area contributed by atoms with E-state index in [9.17, 15) is 9.59 Å². The molecule has 0 spiro atoms. The molecule has 1 heterocycles. The van der Waals surface area contributed by atoms with Crippen molar-refractivity contribution in [3.05, 3.63) is 22.2 Å². The van der Waals surface area contributed by atoms with Gasteiger partial charge in [0.2, 0.25) is 0 Å². The van der Waals surface area contributed by atoms with Crippen LogP contribution in [0.15, 0.2) is 15.4 Å². The van der Waals surface area contributed by atoms with Gasteiger partial charge in [0.05, 0.1) is 5.92 Å². The largest absolute Gasteiger partial charge is 0.388 e. The minimum absolute atomic E-state index is 0.140. The van der Waals surface area contributed by atoms with Gasteiger partial charge in [0.15, 0.2) is 0 Å². The summed E-state index contributed by atoms with van der Waals surface area (Å²) in [7, 11) is 3.25. The monoisotopic (exact) mass is 215 g/mol. The predicted octanol–water partition coefficient (Wildman–Crippen LogP) is 1.17. The van der Waals surface area contributed by atoms with Gasteiger partial charge in [0, 0.05) is 20.3 Å². The highest BCUT2D eigenvalue weighted by Gasteiger charge is 2.18. The summed E-state index contributed by atoms with van der Waals surface area (Å²) >= 11 is 0. The van der Waals surface area contributed by atoms with Crippen LogP contribution in [0.3, 0.4) is 0 Å². The summed E-state index contributed by atoms with van der Waals surface area (Å²) in [5.74, 6) is 0.218. The van der Waals surface area contributed by atoms with Crippen LogP contribution < -0.4 is 5.56 Å². The van der Waals surface area contributed by atoms with Crippen LogP contribution in [0.5, 0.6) is 0 Å². The van der Waals surface area contributed by atoms with Crippen molar-refractivity contribution in [2.75, 3.05) is 14.2 Å². The average Bonchev–Trinajstić information content (AvgIpc) is 2.54. The molecular weight excluding hydrogens is 198 g/mol. The summed E-state index contributed by atoms with van der Waals surface area (Å²) in [4.78, 5) is 21.2. The Bertz CT molecular complexity index is 326. The number of aromatic nitrogens is 1. The number of aldehydes is 1. The summed E-state index contributed by atoms with van der Waals surface area (Å²) in [5, 5.41) is 2.15. The zero-order chi connectivity index (χ0) is 11.8. The molecule has 1 rings (SSSR count). The maximum atomic E-state index is 10.7. The van der Waals surface area contributed by atoms with E-state index >= 15 is 0 Å². The molecule has 1 aromatic heterocycles. The van der Waals surface area contributed by atoms with Crippen LogP contribution in [-0.4, -0.2) is 25.7 Å². The lowest BCUT2D eigenvalue weighted by atomic mass is 9.95. The number of carbonyl (C=O) groups is 1. The van der Waals surface area contributed by atoms with Gasteiger partial charge in [-0.1, -0.05) is 13.8 Å². The second-order valence-corrected chi connectivity index (χ2v) is 3.43. The van der Waals surface area contributed by atoms with Crippen LogP contribution in [0.2, 0.25) is 0 Å². The number of rotatable bonds is 3. The number of H-pyrrole nitrogens is 1. The van der Waals surface area contributed by atoms with E-state index < -0.39 is 0 Å². The first-order valence-corrected chi connectivity index (χ1v) is 4.60. The third-order valence-corrected chi connectivity index (χ3v) is 1.74. The Hall–Kier alpha value is -1.36. The van der Waals surface area contributed by atoms with Gasteiger partial charge in [-0.25, -0.2) is 0 Å². The molecule has 0 aliphatic carbocycles. The number of nitrogens with one attached hydrogen (secondary N) is 1. The van der Waals surface area contributed by atoms with Crippen LogP contribution in [0.1, 0.15) is 25.5 Å². The summed E-state index contributed by atoms with van der Waals surface area (Å²) in [6.07, 6.45) is 0.788. The average molecular weight is 215 g/mol. The van der Waals surface area contributed by atoms with Gasteiger partial charge in [0.1, 0.15) is 12.0 Å². The van der Waals surface area contributed by atoms with Crippen LogP contribution in [-0.2, 0) is 9.53 Å². The number of methoxy groups -OCH3 is 1. The van der Waals surface area contributed by atoms with Gasteiger partial charge < -0.3 is 14.1 Å². The van der Waals surface area contributed by atoms with Crippen LogP contribution in [0.25, 0.3) is 0 Å². The standard InChI is InChI=1S/C8H11NO3.C2H6O/c1-5(2)6(4-10)7-3-8(11)9-12-7;1-3-2/h3-6H,1-2H3,(H,9,11);1-2H3. The topological polar surface area (TPSA) is 72.3 Å². The third kappa shape index (κ3) is 4.60. The van der Waals surface area contributed by atoms with Gasteiger partial charge in [-0.3, -0.25) is 4.79 Å². The number of ether oxygens (including phenoxy) is 1. The molecule has 15 heavy (non-hydrogen) atoms. The molecule has 0 bridgehead atoms. The summed E-state index contributed by atoms with van der Waals surface area (Å²) in [6.45, 7) is 3.79. The van der Waals surface area contributed by atoms with Crippen LogP contribution in [0.4, 0.5) is 0 Å². The molecule has 1 N–H and O–H groups in total. The minimum atomic E-state index is -0.330. The Balaban J connectivity index is 0.000000583. The highest BCUT2D eigenvalue weighted by Crippen LogP contribution is 2.19. The van der Waals surface area contributed by atoms with Gasteiger partial charge in [0.25, 0.3) is 5.56 Å². The van der Waals surface area contributed by atoms with Gasteiger partial charge in [-0.15, -0.1) is 0 Å². The minimum Gasteiger partial charge on any atom is -0.388 e. The van der Waals surface area contributed by atoms with E-state index in [1.165, 1.54) is 6.07 Å². The van der Waals surface area contributed by atoms with Crippen molar-refractivity contribution >= 4 is 6.29 Å². The van der Waals surface area contributed by atoms with Crippen molar-refractivity contribution in [1.82, 2.24) is 5.16 Å². The molecule has 86 valence electrons. The predicted molar refractivity (Wildman–Crippen MR) is 55.9 cm³/mol. The molecule has 0 fully saturated rings. The zero-order valence-electron chi connectivity index (χ0n) is 9.44. The normalized spacial score (nSPS) is 11.8. The Morgan fingerprint density at radius 3 is 2.27 bits per heavy atom. The van der Waals surface area contributed by atoms with E-state index in [0.717, 1.165) is 6.29 Å². The fourth-order valence-electron chi connectivity index (χ4n) is 1.01. The fourth-order valence-corrected chi connectivity index (χ4v) is 1.01. The lowest BCUT2D eigenvalue weighted by Crippen LogP contribution is -2.07. The van der Waals surface area contributed by atoms with E-state index in [1.807, 2.05) is 13.8 Å². The molecule has 5 heteroatoms. The Morgan fingerprint density at radius 1 is 1.47 bits per heavy atom. The second-order valence-electron chi connectivity index (χ2n) is 3.43. The van der Waals surface area contributed by atoms with Crippen molar-refractivity contribution in [3.63, 3.8) is 0 Å². The van der Waals surface area contributed by atoms with Gasteiger partial charge in [-0.05, 0) is 5.92 Å². The Morgan fingerprint density at radius 2 is 2.00 bits per heavy atom. The number of carbonyl (C=O) groups excluding carboxylic acids is 1. The molecule has 1 atom stereocenters. The Labute approximate surface area is 88.4 Å². The van der Waals surface area contributed by atoms with Crippen LogP contribution >= 0.6 is 0 Å².